The molecule has 1 aromatic heterocycles. The second-order valence-electron chi connectivity index (χ2n) is 21.8. The lowest BCUT2D eigenvalue weighted by Crippen LogP contribution is -2.39. The fourth-order valence-corrected chi connectivity index (χ4v) is 10.4. The van der Waals surface area contributed by atoms with Gasteiger partial charge in [0.25, 0.3) is 0 Å². The minimum absolute atomic E-state index is 0.0492. The third-order valence-corrected chi connectivity index (χ3v) is 15.1. The van der Waals surface area contributed by atoms with E-state index < -0.39 is 36.2 Å². The maximum Gasteiger partial charge on any atom is 0.351 e. The van der Waals surface area contributed by atoms with Crippen molar-refractivity contribution in [2.24, 2.45) is 0 Å². The fraction of sp³-hybridized carbons (Fsp3) is 0.902. The van der Waals surface area contributed by atoms with Gasteiger partial charge in [-0.1, -0.05) is 296 Å². The number of ether oxygens (including phenoxy) is 3. The van der Waals surface area contributed by atoms with Crippen molar-refractivity contribution in [3.05, 3.63) is 22.7 Å². The van der Waals surface area contributed by atoms with Crippen LogP contribution in [0, 0.1) is 0 Å². The standard InChI is InChI=1S/C61H113N3O7/c1-3-5-7-9-11-13-15-17-19-21-23-25-27-29-31-33-35-37-39-41-43-45-47-49-56(65)69-53-54-59(58(67)60(70-54)64-52-51-55(62)63-61(64)68)71-57(66)50-48-46-44-42-40-38-36-34-32-30-28-26-24-22-20-18-16-14-12-10-8-6-4-2/h51-52,54,58-60,67H,3-50,53H2,1-2H3,(H2,62,63,68)/t54-,58+,59-,60-/m1/s1. The molecule has 3 N–H and O–H groups in total. The Morgan fingerprint density at radius 3 is 1.11 bits per heavy atom. The molecule has 2 rings (SSSR count). The molecule has 10 heteroatoms. The van der Waals surface area contributed by atoms with E-state index in [2.05, 4.69) is 18.8 Å². The molecule has 1 aromatic rings. The number of aliphatic hydroxyl groups is 1. The van der Waals surface area contributed by atoms with E-state index in [0.29, 0.717) is 12.8 Å². The van der Waals surface area contributed by atoms with Crippen LogP contribution in [0.25, 0.3) is 0 Å². The number of unbranched alkanes of at least 4 members (excludes halogenated alkanes) is 44. The van der Waals surface area contributed by atoms with E-state index in [0.717, 1.165) is 36.7 Å². The molecule has 0 aromatic carbocycles. The number of carbonyl (C=O) groups excluding carboxylic acids is 2. The molecule has 414 valence electrons. The summed E-state index contributed by atoms with van der Waals surface area (Å²) in [6.45, 7) is 4.38. The van der Waals surface area contributed by atoms with Crippen molar-refractivity contribution in [2.45, 2.75) is 347 Å². The predicted octanol–water partition coefficient (Wildman–Crippen LogP) is 17.3. The molecule has 0 bridgehead atoms. The highest BCUT2D eigenvalue weighted by Crippen LogP contribution is 2.32. The first-order valence-corrected chi connectivity index (χ1v) is 30.9. The third kappa shape index (κ3) is 36.2. The summed E-state index contributed by atoms with van der Waals surface area (Å²) in [5.74, 6) is -0.740. The van der Waals surface area contributed by atoms with Gasteiger partial charge in [-0.3, -0.25) is 14.2 Å². The van der Waals surface area contributed by atoms with Crippen LogP contribution in [0.2, 0.25) is 0 Å². The zero-order valence-corrected chi connectivity index (χ0v) is 46.5. The van der Waals surface area contributed by atoms with E-state index in [4.69, 9.17) is 19.9 Å². The summed E-state index contributed by atoms with van der Waals surface area (Å²) in [5, 5.41) is 11.3. The minimum atomic E-state index is -1.36. The molecule has 1 aliphatic heterocycles. The molecule has 0 radical (unpaired) electrons. The monoisotopic (exact) mass is 1000 g/mol. The van der Waals surface area contributed by atoms with Crippen LogP contribution in [-0.2, 0) is 23.8 Å². The van der Waals surface area contributed by atoms with Crippen molar-refractivity contribution < 1.29 is 28.9 Å². The van der Waals surface area contributed by atoms with Crippen LogP contribution in [0.1, 0.15) is 328 Å². The number of anilines is 1. The van der Waals surface area contributed by atoms with Gasteiger partial charge in [0, 0.05) is 19.0 Å². The van der Waals surface area contributed by atoms with Crippen molar-refractivity contribution >= 4 is 17.8 Å². The van der Waals surface area contributed by atoms with Gasteiger partial charge >= 0.3 is 17.6 Å². The van der Waals surface area contributed by atoms with E-state index in [1.54, 1.807) is 0 Å². The number of hydrogen-bond donors (Lipinski definition) is 2. The third-order valence-electron chi connectivity index (χ3n) is 15.1. The predicted molar refractivity (Wildman–Crippen MR) is 297 cm³/mol. The minimum Gasteiger partial charge on any atom is -0.463 e. The quantitative estimate of drug-likeness (QED) is 0.0482. The average Bonchev–Trinajstić information content (AvgIpc) is 3.66. The highest BCUT2D eigenvalue weighted by molar-refractivity contribution is 5.70. The number of nitrogens with zero attached hydrogens (tertiary/aromatic N) is 2. The number of aliphatic hydroxyl groups excluding tert-OH is 1. The SMILES string of the molecule is CCCCCCCCCCCCCCCCCCCCCCCCCC(=O)OC[C@H]1O[C@@H](n2ccc(N)nc2=O)[C@@H](O)[C@@H]1OC(=O)CCCCCCCCCCCCCCCCCCCCCCCCC. The normalized spacial score (nSPS) is 16.8. The molecule has 0 unspecified atom stereocenters. The number of rotatable bonds is 52. The summed E-state index contributed by atoms with van der Waals surface area (Å²) in [6.07, 6.45) is 57.9. The molecule has 2 heterocycles. The molecule has 71 heavy (non-hydrogen) atoms. The van der Waals surface area contributed by atoms with Crippen LogP contribution in [0.4, 0.5) is 5.82 Å². The van der Waals surface area contributed by atoms with E-state index in [-0.39, 0.29) is 24.8 Å². The molecule has 1 aliphatic rings. The summed E-state index contributed by atoms with van der Waals surface area (Å²) in [6, 6.07) is 1.44. The molecule has 4 atom stereocenters. The highest BCUT2D eigenvalue weighted by atomic mass is 16.6. The number of hydrogen-bond acceptors (Lipinski definition) is 9. The van der Waals surface area contributed by atoms with E-state index in [1.807, 2.05) is 0 Å². The van der Waals surface area contributed by atoms with E-state index >= 15 is 0 Å². The first-order valence-electron chi connectivity index (χ1n) is 30.9. The molecule has 1 saturated heterocycles. The number of aromatic nitrogens is 2. The molecule has 0 aliphatic carbocycles. The lowest BCUT2D eigenvalue weighted by Gasteiger charge is -2.21. The first-order chi connectivity index (χ1) is 34.9. The Hall–Kier alpha value is -2.46. The van der Waals surface area contributed by atoms with Gasteiger partial charge in [-0.2, -0.15) is 4.98 Å². The van der Waals surface area contributed by atoms with Gasteiger partial charge in [0.05, 0.1) is 0 Å². The first kappa shape index (κ1) is 64.7. The highest BCUT2D eigenvalue weighted by Gasteiger charge is 2.48. The largest absolute Gasteiger partial charge is 0.463 e. The van der Waals surface area contributed by atoms with Crippen LogP contribution < -0.4 is 11.4 Å². The van der Waals surface area contributed by atoms with Crippen molar-refractivity contribution in [1.82, 2.24) is 9.55 Å². The zero-order valence-electron chi connectivity index (χ0n) is 46.5. The maximum absolute atomic E-state index is 13.0. The summed E-state index contributed by atoms with van der Waals surface area (Å²) in [4.78, 5) is 42.2. The lowest BCUT2D eigenvalue weighted by molar-refractivity contribution is -0.160. The summed E-state index contributed by atoms with van der Waals surface area (Å²) in [5.41, 5.74) is 5.00. The fourth-order valence-electron chi connectivity index (χ4n) is 10.4. The lowest BCUT2D eigenvalue weighted by atomic mass is 10.0. The molecule has 0 amide bonds. The molecule has 10 nitrogen and oxygen atoms in total. The van der Waals surface area contributed by atoms with Crippen LogP contribution in [0.15, 0.2) is 17.1 Å². The number of carbonyl (C=O) groups is 2. The van der Waals surface area contributed by atoms with Crippen LogP contribution in [-0.4, -0.2) is 51.5 Å². The topological polar surface area (TPSA) is 143 Å². The van der Waals surface area contributed by atoms with Gasteiger partial charge in [0.15, 0.2) is 12.3 Å². The van der Waals surface area contributed by atoms with Crippen molar-refractivity contribution in [2.75, 3.05) is 12.3 Å². The Bertz CT molecular complexity index is 1420. The average molecular weight is 1000 g/mol. The Morgan fingerprint density at radius 1 is 0.507 bits per heavy atom. The second kappa shape index (κ2) is 47.3. The Kier molecular flexibility index (Phi) is 43.0. The Labute approximate surface area is 436 Å². The van der Waals surface area contributed by atoms with Crippen LogP contribution in [0.3, 0.4) is 0 Å². The summed E-state index contributed by atoms with van der Waals surface area (Å²) in [7, 11) is 0. The van der Waals surface area contributed by atoms with Gasteiger partial charge in [0.2, 0.25) is 0 Å². The summed E-state index contributed by atoms with van der Waals surface area (Å²) < 4.78 is 18.5. The van der Waals surface area contributed by atoms with Gasteiger partial charge < -0.3 is 25.1 Å². The van der Waals surface area contributed by atoms with Gasteiger partial charge in [-0.25, -0.2) is 4.79 Å². The Morgan fingerprint density at radius 2 is 0.803 bits per heavy atom. The molecular weight excluding hydrogens is 887 g/mol. The maximum atomic E-state index is 13.0. The van der Waals surface area contributed by atoms with Gasteiger partial charge in [0.1, 0.15) is 24.6 Å². The molecule has 1 fully saturated rings. The number of nitrogens with two attached hydrogens (primary N) is 1. The van der Waals surface area contributed by atoms with Crippen molar-refractivity contribution in [3.63, 3.8) is 0 Å². The van der Waals surface area contributed by atoms with Crippen molar-refractivity contribution in [1.29, 1.82) is 0 Å². The number of esters is 2. The van der Waals surface area contributed by atoms with E-state index in [1.165, 1.54) is 269 Å². The molecular formula is C61H113N3O7. The molecule has 0 spiro atoms. The second-order valence-corrected chi connectivity index (χ2v) is 21.8. The van der Waals surface area contributed by atoms with Gasteiger partial charge in [-0.05, 0) is 18.9 Å². The Balaban J connectivity index is 1.49. The van der Waals surface area contributed by atoms with Crippen molar-refractivity contribution in [3.8, 4) is 0 Å². The van der Waals surface area contributed by atoms with E-state index in [9.17, 15) is 19.5 Å². The zero-order chi connectivity index (χ0) is 51.1. The van der Waals surface area contributed by atoms with Crippen LogP contribution >= 0.6 is 0 Å². The smallest absolute Gasteiger partial charge is 0.351 e. The number of nitrogen functional groups attached to an aromatic ring is 1. The van der Waals surface area contributed by atoms with Crippen LogP contribution in [0.5, 0.6) is 0 Å². The van der Waals surface area contributed by atoms with Gasteiger partial charge in [-0.15, -0.1) is 0 Å². The molecule has 0 saturated carbocycles. The summed E-state index contributed by atoms with van der Waals surface area (Å²) >= 11 is 0.